The third-order valence-electron chi connectivity index (χ3n) is 4.58. The van der Waals surface area contributed by atoms with E-state index < -0.39 is 0 Å². The molecule has 0 aliphatic carbocycles. The zero-order valence-electron chi connectivity index (χ0n) is 14.7. The van der Waals surface area contributed by atoms with E-state index in [9.17, 15) is 9.59 Å². The highest BCUT2D eigenvalue weighted by molar-refractivity contribution is 6.33. The van der Waals surface area contributed by atoms with Gasteiger partial charge in [0, 0.05) is 26.1 Å². The van der Waals surface area contributed by atoms with E-state index in [2.05, 4.69) is 10.6 Å². The highest BCUT2D eigenvalue weighted by Crippen LogP contribution is 2.31. The van der Waals surface area contributed by atoms with E-state index in [1.54, 1.807) is 17.0 Å². The maximum absolute atomic E-state index is 12.6. The predicted octanol–water partition coefficient (Wildman–Crippen LogP) is 2.73. The van der Waals surface area contributed by atoms with Crippen LogP contribution in [0.1, 0.15) is 17.5 Å². The summed E-state index contributed by atoms with van der Waals surface area (Å²) in [4.78, 5) is 26.5. The van der Waals surface area contributed by atoms with Gasteiger partial charge in [-0.2, -0.15) is 0 Å². The molecule has 1 atom stereocenters. The molecule has 0 spiro atoms. The Morgan fingerprint density at radius 1 is 1.12 bits per heavy atom. The van der Waals surface area contributed by atoms with Crippen molar-refractivity contribution in [3.8, 4) is 0 Å². The second-order valence-corrected chi connectivity index (χ2v) is 6.78. The number of carbonyl (C=O) groups excluding carboxylic acids is 2. The molecule has 2 amide bonds. The lowest BCUT2D eigenvalue weighted by molar-refractivity contribution is -0.126. The van der Waals surface area contributed by atoms with Crippen LogP contribution in [0.4, 0.5) is 5.69 Å². The van der Waals surface area contributed by atoms with Crippen molar-refractivity contribution >= 4 is 29.1 Å². The molecule has 136 valence electrons. The highest BCUT2D eigenvalue weighted by atomic mass is 35.5. The minimum absolute atomic E-state index is 0.0752. The van der Waals surface area contributed by atoms with E-state index in [1.165, 1.54) is 0 Å². The van der Waals surface area contributed by atoms with Crippen molar-refractivity contribution in [1.82, 2.24) is 10.6 Å². The standard InChI is InChI=1S/C20H22ClN3O2/c1-22-11-14-6-2-3-7-15(14)12-23-20(26)16-10-19(25)24(13-16)18-9-5-4-8-17(18)21/h2-9,16,22H,10-13H2,1H3,(H,23,26). The Balaban J connectivity index is 1.63. The number of nitrogens with zero attached hydrogens (tertiary/aromatic N) is 1. The number of anilines is 1. The van der Waals surface area contributed by atoms with Crippen LogP contribution >= 0.6 is 11.6 Å². The first-order valence-corrected chi connectivity index (χ1v) is 9.02. The Morgan fingerprint density at radius 2 is 1.77 bits per heavy atom. The lowest BCUT2D eigenvalue weighted by Gasteiger charge is -2.18. The fourth-order valence-corrected chi connectivity index (χ4v) is 3.44. The molecule has 0 bridgehead atoms. The summed E-state index contributed by atoms with van der Waals surface area (Å²) in [5, 5.41) is 6.61. The number of hydrogen-bond donors (Lipinski definition) is 2. The number of hydrogen-bond acceptors (Lipinski definition) is 3. The molecule has 1 aliphatic heterocycles. The number of para-hydroxylation sites is 1. The molecule has 1 saturated heterocycles. The van der Waals surface area contributed by atoms with E-state index in [1.807, 2.05) is 43.4 Å². The summed E-state index contributed by atoms with van der Waals surface area (Å²) in [5.41, 5.74) is 2.88. The van der Waals surface area contributed by atoms with Gasteiger partial charge in [-0.25, -0.2) is 0 Å². The lowest BCUT2D eigenvalue weighted by Crippen LogP contribution is -2.33. The summed E-state index contributed by atoms with van der Waals surface area (Å²) in [5.74, 6) is -0.545. The molecule has 0 aromatic heterocycles. The van der Waals surface area contributed by atoms with Gasteiger partial charge in [-0.05, 0) is 30.3 Å². The van der Waals surface area contributed by atoms with E-state index in [0.717, 1.165) is 17.7 Å². The summed E-state index contributed by atoms with van der Waals surface area (Å²) < 4.78 is 0. The van der Waals surface area contributed by atoms with Crippen molar-refractivity contribution in [2.45, 2.75) is 19.5 Å². The fourth-order valence-electron chi connectivity index (χ4n) is 3.21. The van der Waals surface area contributed by atoms with E-state index in [4.69, 9.17) is 11.6 Å². The van der Waals surface area contributed by atoms with E-state index >= 15 is 0 Å². The Hall–Kier alpha value is -2.37. The Kier molecular flexibility index (Phi) is 5.91. The molecule has 1 fully saturated rings. The number of rotatable bonds is 6. The van der Waals surface area contributed by atoms with Crippen LogP contribution in [0.3, 0.4) is 0 Å². The molecule has 2 aromatic carbocycles. The molecule has 2 aromatic rings. The largest absolute Gasteiger partial charge is 0.352 e. The normalized spacial score (nSPS) is 16.8. The molecule has 0 saturated carbocycles. The van der Waals surface area contributed by atoms with Crippen molar-refractivity contribution < 1.29 is 9.59 Å². The van der Waals surface area contributed by atoms with Crippen molar-refractivity contribution in [3.63, 3.8) is 0 Å². The molecule has 6 heteroatoms. The molecular formula is C20H22ClN3O2. The first-order chi connectivity index (χ1) is 12.6. The number of halogens is 1. The summed E-state index contributed by atoms with van der Waals surface area (Å²) in [6.45, 7) is 1.55. The van der Waals surface area contributed by atoms with E-state index in [0.29, 0.717) is 23.8 Å². The van der Waals surface area contributed by atoms with Gasteiger partial charge in [-0.3, -0.25) is 9.59 Å². The second kappa shape index (κ2) is 8.34. The maximum atomic E-state index is 12.6. The molecule has 1 heterocycles. The molecule has 1 aliphatic rings. The van der Waals surface area contributed by atoms with Gasteiger partial charge in [0.25, 0.3) is 0 Å². The summed E-state index contributed by atoms with van der Waals surface area (Å²) in [6, 6.07) is 15.2. The average Bonchev–Trinajstić information content (AvgIpc) is 3.03. The van der Waals surface area contributed by atoms with Gasteiger partial charge in [0.2, 0.25) is 11.8 Å². The third kappa shape index (κ3) is 4.06. The molecule has 1 unspecified atom stereocenters. The zero-order valence-corrected chi connectivity index (χ0v) is 15.4. The second-order valence-electron chi connectivity index (χ2n) is 6.37. The van der Waals surface area contributed by atoms with Crippen LogP contribution in [0.2, 0.25) is 5.02 Å². The van der Waals surface area contributed by atoms with Gasteiger partial charge in [0.15, 0.2) is 0 Å². The molecular weight excluding hydrogens is 350 g/mol. The summed E-state index contributed by atoms with van der Waals surface area (Å²) >= 11 is 6.18. The van der Waals surface area contributed by atoms with Gasteiger partial charge < -0.3 is 15.5 Å². The number of carbonyl (C=O) groups is 2. The van der Waals surface area contributed by atoms with Gasteiger partial charge in [-0.15, -0.1) is 0 Å². The van der Waals surface area contributed by atoms with Gasteiger partial charge in [-0.1, -0.05) is 48.0 Å². The highest BCUT2D eigenvalue weighted by Gasteiger charge is 2.35. The smallest absolute Gasteiger partial charge is 0.227 e. The van der Waals surface area contributed by atoms with Crippen LogP contribution < -0.4 is 15.5 Å². The average molecular weight is 372 g/mol. The van der Waals surface area contributed by atoms with Crippen LogP contribution in [0.15, 0.2) is 48.5 Å². The van der Waals surface area contributed by atoms with Crippen molar-refractivity contribution in [2.24, 2.45) is 5.92 Å². The number of benzene rings is 2. The maximum Gasteiger partial charge on any atom is 0.227 e. The summed E-state index contributed by atoms with van der Waals surface area (Å²) in [7, 11) is 1.89. The molecule has 3 rings (SSSR count). The van der Waals surface area contributed by atoms with Crippen molar-refractivity contribution in [2.75, 3.05) is 18.5 Å². The van der Waals surface area contributed by atoms with Gasteiger partial charge >= 0.3 is 0 Å². The predicted molar refractivity (Wildman–Crippen MR) is 103 cm³/mol. The SMILES string of the molecule is CNCc1ccccc1CNC(=O)C1CC(=O)N(c2ccccc2Cl)C1. The summed E-state index contributed by atoms with van der Waals surface area (Å²) in [6.07, 6.45) is 0.204. The number of amides is 2. The topological polar surface area (TPSA) is 61.4 Å². The van der Waals surface area contributed by atoms with E-state index in [-0.39, 0.29) is 24.2 Å². The Labute approximate surface area is 158 Å². The van der Waals surface area contributed by atoms with Crippen LogP contribution in [0, 0.1) is 5.92 Å². The van der Waals surface area contributed by atoms with Crippen LogP contribution in [-0.4, -0.2) is 25.4 Å². The molecule has 5 nitrogen and oxygen atoms in total. The molecule has 26 heavy (non-hydrogen) atoms. The lowest BCUT2D eigenvalue weighted by atomic mass is 10.1. The fraction of sp³-hybridized carbons (Fsp3) is 0.300. The van der Waals surface area contributed by atoms with Crippen LogP contribution in [0.5, 0.6) is 0 Å². The van der Waals surface area contributed by atoms with Gasteiger partial charge in [0.1, 0.15) is 0 Å². The minimum atomic E-state index is -0.366. The van der Waals surface area contributed by atoms with Crippen molar-refractivity contribution in [1.29, 1.82) is 0 Å². The minimum Gasteiger partial charge on any atom is -0.352 e. The quantitative estimate of drug-likeness (QED) is 0.820. The first-order valence-electron chi connectivity index (χ1n) is 8.64. The van der Waals surface area contributed by atoms with Crippen LogP contribution in [-0.2, 0) is 22.7 Å². The first kappa shape index (κ1) is 18.4. The molecule has 2 N–H and O–H groups in total. The van der Waals surface area contributed by atoms with Crippen LogP contribution in [0.25, 0.3) is 0 Å². The Morgan fingerprint density at radius 3 is 2.46 bits per heavy atom. The van der Waals surface area contributed by atoms with Crippen molar-refractivity contribution in [3.05, 3.63) is 64.7 Å². The van der Waals surface area contributed by atoms with Gasteiger partial charge in [0.05, 0.1) is 16.6 Å². The molecule has 0 radical (unpaired) electrons. The Bertz CT molecular complexity index is 809. The zero-order chi connectivity index (χ0) is 18.5. The number of nitrogens with one attached hydrogen (secondary N) is 2. The third-order valence-corrected chi connectivity index (χ3v) is 4.90. The monoisotopic (exact) mass is 371 g/mol.